The van der Waals surface area contributed by atoms with E-state index in [4.69, 9.17) is 0 Å². The fourth-order valence-electron chi connectivity index (χ4n) is 3.36. The minimum Gasteiger partial charge on any atom is -0.354 e. The summed E-state index contributed by atoms with van der Waals surface area (Å²) in [4.78, 5) is 24.3. The highest BCUT2D eigenvalue weighted by atomic mass is 32.2. The molecule has 0 saturated carbocycles. The third-order valence-electron chi connectivity index (χ3n) is 4.91. The highest BCUT2D eigenvalue weighted by Crippen LogP contribution is 2.20. The van der Waals surface area contributed by atoms with Gasteiger partial charge in [0.1, 0.15) is 6.04 Å². The van der Waals surface area contributed by atoms with Crippen molar-refractivity contribution in [2.75, 3.05) is 19.6 Å². The van der Waals surface area contributed by atoms with Gasteiger partial charge in [-0.05, 0) is 49.9 Å². The van der Waals surface area contributed by atoms with Gasteiger partial charge in [0.05, 0.1) is 4.90 Å². The smallest absolute Gasteiger partial charge is 0.251 e. The molecule has 0 radical (unpaired) electrons. The molecule has 2 N–H and O–H groups in total. The number of hydrogen-bond donors (Lipinski definition) is 2. The van der Waals surface area contributed by atoms with Crippen molar-refractivity contribution in [2.45, 2.75) is 49.5 Å². The zero-order valence-corrected chi connectivity index (χ0v) is 15.6. The lowest BCUT2D eigenvalue weighted by Crippen LogP contribution is -2.50. The Labute approximate surface area is 154 Å². The van der Waals surface area contributed by atoms with Crippen LogP contribution < -0.4 is 10.6 Å². The van der Waals surface area contributed by atoms with E-state index in [0.29, 0.717) is 31.6 Å². The van der Waals surface area contributed by atoms with Crippen LogP contribution in [-0.2, 0) is 14.8 Å². The van der Waals surface area contributed by atoms with E-state index in [-0.39, 0.29) is 16.7 Å². The predicted molar refractivity (Wildman–Crippen MR) is 97.2 cm³/mol. The number of nitrogens with zero attached hydrogens (tertiary/aromatic N) is 1. The molecule has 3 rings (SSSR count). The average molecular weight is 379 g/mol. The van der Waals surface area contributed by atoms with Gasteiger partial charge >= 0.3 is 0 Å². The fourth-order valence-corrected chi connectivity index (χ4v) is 4.88. The summed E-state index contributed by atoms with van der Waals surface area (Å²) in [5.41, 5.74) is 0.346. The zero-order valence-electron chi connectivity index (χ0n) is 14.7. The molecule has 0 aromatic heterocycles. The number of nitrogens with one attached hydrogen (secondary N) is 2. The number of carbonyl (C=O) groups is 2. The summed E-state index contributed by atoms with van der Waals surface area (Å²) < 4.78 is 27.0. The standard InChI is InChI=1S/C18H25N3O4S/c22-17(20-16-6-5-11-19-18(16)23)14-7-9-15(10-8-14)26(24,25)21-12-3-1-2-4-13-21/h7-10,16H,1-6,11-13H2,(H,19,23)(H,20,22). The van der Waals surface area contributed by atoms with E-state index in [1.807, 2.05) is 0 Å². The lowest BCUT2D eigenvalue weighted by Gasteiger charge is -2.23. The normalized spacial score (nSPS) is 22.3. The first-order valence-electron chi connectivity index (χ1n) is 9.17. The molecule has 0 bridgehead atoms. The average Bonchev–Trinajstić information content (AvgIpc) is 2.94. The van der Waals surface area contributed by atoms with Crippen molar-refractivity contribution in [1.29, 1.82) is 0 Å². The highest BCUT2D eigenvalue weighted by molar-refractivity contribution is 7.89. The van der Waals surface area contributed by atoms with E-state index in [9.17, 15) is 18.0 Å². The van der Waals surface area contributed by atoms with Gasteiger partial charge in [0.15, 0.2) is 0 Å². The fraction of sp³-hybridized carbons (Fsp3) is 0.556. The molecular formula is C18H25N3O4S. The van der Waals surface area contributed by atoms with Crippen LogP contribution >= 0.6 is 0 Å². The van der Waals surface area contributed by atoms with Crippen LogP contribution in [0.2, 0.25) is 0 Å². The molecule has 1 unspecified atom stereocenters. The summed E-state index contributed by atoms with van der Waals surface area (Å²) in [6.45, 7) is 1.72. The molecule has 2 aliphatic rings. The Kier molecular flexibility index (Phi) is 5.93. The van der Waals surface area contributed by atoms with Crippen molar-refractivity contribution in [3.05, 3.63) is 29.8 Å². The molecule has 26 heavy (non-hydrogen) atoms. The van der Waals surface area contributed by atoms with Gasteiger partial charge in [-0.2, -0.15) is 4.31 Å². The van der Waals surface area contributed by atoms with Crippen molar-refractivity contribution in [2.24, 2.45) is 0 Å². The molecule has 7 nitrogen and oxygen atoms in total. The van der Waals surface area contributed by atoms with Crippen LogP contribution in [0.1, 0.15) is 48.9 Å². The number of piperidine rings is 1. The Hall–Kier alpha value is -1.93. The molecule has 1 atom stereocenters. The summed E-state index contributed by atoms with van der Waals surface area (Å²) in [6, 6.07) is 5.41. The third-order valence-corrected chi connectivity index (χ3v) is 6.82. The Morgan fingerprint density at radius 2 is 1.69 bits per heavy atom. The van der Waals surface area contributed by atoms with E-state index in [0.717, 1.165) is 32.1 Å². The van der Waals surface area contributed by atoms with E-state index in [2.05, 4.69) is 10.6 Å². The predicted octanol–water partition coefficient (Wildman–Crippen LogP) is 1.26. The molecule has 1 aromatic rings. The van der Waals surface area contributed by atoms with Crippen molar-refractivity contribution in [3.63, 3.8) is 0 Å². The summed E-state index contributed by atoms with van der Waals surface area (Å²) in [6.07, 6.45) is 5.30. The summed E-state index contributed by atoms with van der Waals surface area (Å²) in [5.74, 6) is -0.546. The van der Waals surface area contributed by atoms with Gasteiger partial charge in [0.2, 0.25) is 15.9 Å². The molecule has 2 aliphatic heterocycles. The van der Waals surface area contributed by atoms with Gasteiger partial charge < -0.3 is 10.6 Å². The minimum atomic E-state index is -3.53. The first-order chi connectivity index (χ1) is 12.5. The molecule has 142 valence electrons. The van der Waals surface area contributed by atoms with E-state index in [1.165, 1.54) is 28.6 Å². The van der Waals surface area contributed by atoms with Gasteiger partial charge in [-0.25, -0.2) is 8.42 Å². The van der Waals surface area contributed by atoms with Crippen molar-refractivity contribution in [3.8, 4) is 0 Å². The lowest BCUT2D eigenvalue weighted by atomic mass is 10.1. The quantitative estimate of drug-likeness (QED) is 0.823. The van der Waals surface area contributed by atoms with Crippen molar-refractivity contribution in [1.82, 2.24) is 14.9 Å². The molecular weight excluding hydrogens is 354 g/mol. The number of carbonyl (C=O) groups excluding carboxylic acids is 2. The second kappa shape index (κ2) is 8.18. The van der Waals surface area contributed by atoms with E-state index in [1.54, 1.807) is 0 Å². The third kappa shape index (κ3) is 4.24. The van der Waals surface area contributed by atoms with Crippen molar-refractivity contribution < 1.29 is 18.0 Å². The summed E-state index contributed by atoms with van der Waals surface area (Å²) in [5, 5.41) is 5.42. The Morgan fingerprint density at radius 1 is 1.04 bits per heavy atom. The second-order valence-corrected chi connectivity index (χ2v) is 8.74. The maximum Gasteiger partial charge on any atom is 0.251 e. The van der Waals surface area contributed by atoms with E-state index >= 15 is 0 Å². The minimum absolute atomic E-state index is 0.176. The zero-order chi connectivity index (χ0) is 18.6. The van der Waals surface area contributed by atoms with Crippen LogP contribution in [-0.4, -0.2) is 50.2 Å². The Bertz CT molecular complexity index is 753. The van der Waals surface area contributed by atoms with Gasteiger partial charge in [-0.1, -0.05) is 12.8 Å². The largest absolute Gasteiger partial charge is 0.354 e. The van der Waals surface area contributed by atoms with Gasteiger partial charge in [0.25, 0.3) is 5.91 Å². The molecule has 8 heteroatoms. The van der Waals surface area contributed by atoms with Crippen LogP contribution in [0.15, 0.2) is 29.2 Å². The first-order valence-corrected chi connectivity index (χ1v) is 10.6. The van der Waals surface area contributed by atoms with Crippen LogP contribution in [0.25, 0.3) is 0 Å². The first kappa shape index (κ1) is 18.8. The number of benzene rings is 1. The van der Waals surface area contributed by atoms with Gasteiger partial charge in [-0.3, -0.25) is 9.59 Å². The molecule has 2 heterocycles. The molecule has 1 aromatic carbocycles. The Balaban J connectivity index is 1.69. The number of rotatable bonds is 4. The van der Waals surface area contributed by atoms with Crippen LogP contribution in [0, 0.1) is 0 Å². The number of sulfonamides is 1. The molecule has 0 aliphatic carbocycles. The molecule has 2 amide bonds. The van der Waals surface area contributed by atoms with Crippen LogP contribution in [0.3, 0.4) is 0 Å². The molecule has 2 fully saturated rings. The lowest BCUT2D eigenvalue weighted by molar-refractivity contribution is -0.124. The number of hydrogen-bond acceptors (Lipinski definition) is 4. The second-order valence-electron chi connectivity index (χ2n) is 6.80. The molecule has 2 saturated heterocycles. The summed E-state index contributed by atoms with van der Waals surface area (Å²) in [7, 11) is -3.53. The van der Waals surface area contributed by atoms with Gasteiger partial charge in [0, 0.05) is 25.2 Å². The summed E-state index contributed by atoms with van der Waals surface area (Å²) >= 11 is 0. The Morgan fingerprint density at radius 3 is 2.31 bits per heavy atom. The van der Waals surface area contributed by atoms with Crippen LogP contribution in [0.4, 0.5) is 0 Å². The monoisotopic (exact) mass is 379 g/mol. The highest BCUT2D eigenvalue weighted by Gasteiger charge is 2.26. The van der Waals surface area contributed by atoms with Crippen molar-refractivity contribution >= 4 is 21.8 Å². The SMILES string of the molecule is O=C(NC1CCCNC1=O)c1ccc(S(=O)(=O)N2CCCCCC2)cc1. The van der Waals surface area contributed by atoms with Gasteiger partial charge in [-0.15, -0.1) is 0 Å². The maximum absolute atomic E-state index is 12.8. The number of amides is 2. The topological polar surface area (TPSA) is 95.6 Å². The van der Waals surface area contributed by atoms with Crippen LogP contribution in [0.5, 0.6) is 0 Å². The molecule has 0 spiro atoms. The maximum atomic E-state index is 12.8. The van der Waals surface area contributed by atoms with E-state index < -0.39 is 16.1 Å².